The molecule has 0 radical (unpaired) electrons. The van der Waals surface area contributed by atoms with Crippen LogP contribution in [0.2, 0.25) is 0 Å². The van der Waals surface area contributed by atoms with Gasteiger partial charge in [-0.2, -0.15) is 10.5 Å². The van der Waals surface area contributed by atoms with E-state index in [1.54, 1.807) is 91.0 Å². The molecule has 232 valence electrons. The molecule has 13 heteroatoms. The average molecular weight is 710 g/mol. The van der Waals surface area contributed by atoms with Crippen molar-refractivity contribution in [3.05, 3.63) is 97.1 Å². The van der Waals surface area contributed by atoms with Crippen molar-refractivity contribution in [2.75, 3.05) is 48.4 Å². The first-order valence-corrected chi connectivity index (χ1v) is 17.7. The number of benzene rings is 4. The van der Waals surface area contributed by atoms with Crippen LogP contribution >= 0.6 is 15.9 Å². The van der Waals surface area contributed by atoms with E-state index in [0.717, 1.165) is 5.69 Å². The number of anilines is 2. The summed E-state index contributed by atoms with van der Waals surface area (Å²) in [6.45, 7) is 2.53. The van der Waals surface area contributed by atoms with Gasteiger partial charge in [-0.3, -0.25) is 0 Å². The predicted molar refractivity (Wildman–Crippen MR) is 173 cm³/mol. The van der Waals surface area contributed by atoms with Gasteiger partial charge in [-0.15, -0.1) is 0 Å². The fourth-order valence-electron chi connectivity index (χ4n) is 4.43. The number of fused-ring (bicyclic) bond motifs is 2. The molecular weight excluding hydrogens is 680 g/mol. The molecule has 0 bridgehead atoms. The lowest BCUT2D eigenvalue weighted by Gasteiger charge is -2.29. The van der Waals surface area contributed by atoms with Crippen molar-refractivity contribution in [1.29, 1.82) is 10.5 Å². The van der Waals surface area contributed by atoms with Crippen molar-refractivity contribution in [2.24, 2.45) is 0 Å². The summed E-state index contributed by atoms with van der Waals surface area (Å²) in [5.41, 5.74) is 1.37. The van der Waals surface area contributed by atoms with Gasteiger partial charge in [0.1, 0.15) is 31.3 Å². The lowest BCUT2D eigenvalue weighted by atomic mass is 10.2. The van der Waals surface area contributed by atoms with Crippen molar-refractivity contribution in [3.8, 4) is 23.6 Å². The number of rotatable bonds is 5. The zero-order valence-corrected chi connectivity index (χ0v) is 27.2. The molecule has 4 aromatic rings. The monoisotopic (exact) mass is 708 g/mol. The first-order valence-electron chi connectivity index (χ1n) is 13.6. The number of hydrogen-bond acceptors (Lipinski definition) is 10. The van der Waals surface area contributed by atoms with E-state index in [-0.39, 0.29) is 21.2 Å². The minimum absolute atomic E-state index is 0.200. The third-order valence-corrected chi connectivity index (χ3v) is 10.4. The summed E-state index contributed by atoms with van der Waals surface area (Å²) in [7, 11) is -7.04. The second-order valence-corrected chi connectivity index (χ2v) is 13.9. The molecule has 0 aromatic heterocycles. The van der Waals surface area contributed by atoms with Gasteiger partial charge in [0.05, 0.1) is 55.0 Å². The molecule has 2 aliphatic rings. The molecule has 6 rings (SSSR count). The molecular formula is C32H29BrN4O6S2. The van der Waals surface area contributed by atoms with Crippen LogP contribution < -0.4 is 19.7 Å². The van der Waals surface area contributed by atoms with Crippen LogP contribution in [0.25, 0.3) is 0 Å². The smallest absolute Gasteiger partial charge is 0.206 e. The third kappa shape index (κ3) is 8.13. The van der Waals surface area contributed by atoms with E-state index in [1.807, 2.05) is 11.0 Å². The second-order valence-electron chi connectivity index (χ2n) is 9.42. The molecule has 1 N–H and O–H groups in total. The zero-order chi connectivity index (χ0) is 32.3. The van der Waals surface area contributed by atoms with Gasteiger partial charge >= 0.3 is 0 Å². The Balaban J connectivity index is 0.000000185. The summed E-state index contributed by atoms with van der Waals surface area (Å²) in [6.07, 6.45) is 0. The first kappa shape index (κ1) is 33.3. The van der Waals surface area contributed by atoms with Crippen LogP contribution in [0, 0.1) is 22.7 Å². The Kier molecular flexibility index (Phi) is 11.4. The van der Waals surface area contributed by atoms with Gasteiger partial charge in [-0.25, -0.2) is 16.8 Å². The summed E-state index contributed by atoms with van der Waals surface area (Å²) in [4.78, 5) is 2.84. The van der Waals surface area contributed by atoms with Gasteiger partial charge in [0.2, 0.25) is 19.7 Å². The summed E-state index contributed by atoms with van der Waals surface area (Å²) < 4.78 is 61.2. The number of nitrogens with zero attached hydrogens (tertiary/aromatic N) is 3. The highest BCUT2D eigenvalue weighted by molar-refractivity contribution is 9.09. The van der Waals surface area contributed by atoms with Gasteiger partial charge in [-0.1, -0.05) is 52.3 Å². The van der Waals surface area contributed by atoms with E-state index >= 15 is 0 Å². The normalized spacial score (nSPS) is 13.2. The summed E-state index contributed by atoms with van der Waals surface area (Å²) in [5.74, 6) is 1.30. The molecule has 0 saturated carbocycles. The Labute approximate surface area is 271 Å². The summed E-state index contributed by atoms with van der Waals surface area (Å²) in [6, 6.07) is 30.3. The minimum atomic E-state index is -3.58. The SMILES string of the molecule is N#CCBr.N#CCN1CCOc2ccc(S(=O)(=O)c3ccccc3)cc21.O=S(=O)(c1ccccc1)c1ccc2c(c1)NCCO2. The highest BCUT2D eigenvalue weighted by Gasteiger charge is 2.24. The maximum atomic E-state index is 12.7. The van der Waals surface area contributed by atoms with E-state index in [1.165, 1.54) is 6.07 Å². The van der Waals surface area contributed by atoms with Crippen LogP contribution in [-0.4, -0.2) is 55.0 Å². The number of halogens is 1. The van der Waals surface area contributed by atoms with Crippen LogP contribution in [0.4, 0.5) is 11.4 Å². The van der Waals surface area contributed by atoms with Crippen molar-refractivity contribution < 1.29 is 26.3 Å². The third-order valence-electron chi connectivity index (χ3n) is 6.56. The number of alkyl halides is 1. The Morgan fingerprint density at radius 2 is 1.24 bits per heavy atom. The lowest BCUT2D eigenvalue weighted by Crippen LogP contribution is -2.33. The Bertz CT molecular complexity index is 1910. The molecule has 0 spiro atoms. The van der Waals surface area contributed by atoms with E-state index < -0.39 is 19.7 Å². The fourth-order valence-corrected chi connectivity index (χ4v) is 7.04. The van der Waals surface area contributed by atoms with Crippen molar-refractivity contribution >= 4 is 47.0 Å². The zero-order valence-electron chi connectivity index (χ0n) is 24.0. The molecule has 0 amide bonds. The molecule has 2 aliphatic heterocycles. The topological polar surface area (TPSA) is 150 Å². The van der Waals surface area contributed by atoms with E-state index in [2.05, 4.69) is 27.3 Å². The molecule has 0 atom stereocenters. The number of hydrogen-bond donors (Lipinski definition) is 1. The number of nitrogens with one attached hydrogen (secondary N) is 1. The van der Waals surface area contributed by atoms with Crippen molar-refractivity contribution in [3.63, 3.8) is 0 Å². The van der Waals surface area contributed by atoms with Crippen LogP contribution in [0.3, 0.4) is 0 Å². The molecule has 4 aromatic carbocycles. The summed E-state index contributed by atoms with van der Waals surface area (Å²) in [5, 5.41) is 20.1. The fraction of sp³-hybridized carbons (Fsp3) is 0.188. The maximum absolute atomic E-state index is 12.7. The standard InChI is InChI=1S/C16H14N2O3S.C14H13NO3S.C2H2BrN/c17-8-9-18-10-11-21-16-7-6-14(12-15(16)18)22(19,20)13-4-2-1-3-5-13;16-19(17,11-4-2-1-3-5-11)12-6-7-14-13(10-12)15-8-9-18-14;3-1-2-4/h1-7,12H,9-11H2;1-7,10,15H,8-9H2;1H2. The van der Waals surface area contributed by atoms with Crippen molar-refractivity contribution in [2.45, 2.75) is 19.6 Å². The Morgan fingerprint density at radius 1 is 0.711 bits per heavy atom. The number of nitriles is 2. The second kappa shape index (κ2) is 15.4. The van der Waals surface area contributed by atoms with E-state index in [9.17, 15) is 16.8 Å². The highest BCUT2D eigenvalue weighted by atomic mass is 79.9. The van der Waals surface area contributed by atoms with Gasteiger partial charge in [0.25, 0.3) is 0 Å². The summed E-state index contributed by atoms with van der Waals surface area (Å²) >= 11 is 2.89. The molecule has 0 saturated heterocycles. The van der Waals surface area contributed by atoms with E-state index in [0.29, 0.717) is 53.7 Å². The van der Waals surface area contributed by atoms with Crippen molar-refractivity contribution in [1.82, 2.24) is 0 Å². The van der Waals surface area contributed by atoms with Gasteiger partial charge < -0.3 is 19.7 Å². The van der Waals surface area contributed by atoms with Crippen LogP contribution in [0.1, 0.15) is 0 Å². The number of ether oxygens (including phenoxy) is 2. The molecule has 0 fully saturated rings. The van der Waals surface area contributed by atoms with Gasteiger partial charge in [0.15, 0.2) is 0 Å². The van der Waals surface area contributed by atoms with Crippen LogP contribution in [0.15, 0.2) is 117 Å². The average Bonchev–Trinajstić information content (AvgIpc) is 3.09. The first-order chi connectivity index (χ1) is 21.7. The molecule has 45 heavy (non-hydrogen) atoms. The predicted octanol–water partition coefficient (Wildman–Crippen LogP) is 5.47. The van der Waals surface area contributed by atoms with Crippen LogP contribution in [0.5, 0.6) is 11.5 Å². The minimum Gasteiger partial charge on any atom is -0.490 e. The molecule has 2 heterocycles. The Hall–Kier alpha value is -4.56. The maximum Gasteiger partial charge on any atom is 0.206 e. The quantitative estimate of drug-likeness (QED) is 0.209. The Morgan fingerprint density at radius 3 is 1.80 bits per heavy atom. The number of sulfone groups is 2. The molecule has 0 aliphatic carbocycles. The van der Waals surface area contributed by atoms with Gasteiger partial charge in [-0.05, 0) is 60.7 Å². The molecule has 10 nitrogen and oxygen atoms in total. The molecule has 0 unspecified atom stereocenters. The van der Waals surface area contributed by atoms with E-state index in [4.69, 9.17) is 20.0 Å². The van der Waals surface area contributed by atoms with Crippen LogP contribution in [-0.2, 0) is 19.7 Å². The lowest BCUT2D eigenvalue weighted by molar-refractivity contribution is 0.309. The largest absolute Gasteiger partial charge is 0.490 e. The van der Waals surface area contributed by atoms with Gasteiger partial charge in [0, 0.05) is 6.54 Å². The highest BCUT2D eigenvalue weighted by Crippen LogP contribution is 2.35.